The van der Waals surface area contributed by atoms with E-state index < -0.39 is 6.16 Å². The first-order valence-electron chi connectivity index (χ1n) is 2.95. The van der Waals surface area contributed by atoms with E-state index in [2.05, 4.69) is 0 Å². The van der Waals surface area contributed by atoms with Crippen LogP contribution < -0.4 is 64.2 Å². The van der Waals surface area contributed by atoms with Crippen molar-refractivity contribution in [3.8, 4) is 0 Å². The van der Waals surface area contributed by atoms with Crippen LogP contribution in [0, 0.1) is 4.91 Å². The van der Waals surface area contributed by atoms with Crippen LogP contribution >= 0.6 is 0 Å². The topological polar surface area (TPSA) is 80.4 Å². The predicted molar refractivity (Wildman–Crippen MR) is 32.8 cm³/mol. The first-order valence-corrected chi connectivity index (χ1v) is 2.95. The fourth-order valence-electron chi connectivity index (χ4n) is 0.688. The number of hydrogen-bond acceptors (Lipinski definition) is 3. The van der Waals surface area contributed by atoms with Crippen molar-refractivity contribution in [2.24, 2.45) is 0 Å². The molecule has 0 radical (unpaired) electrons. The Balaban J connectivity index is -0.0000000315. The molecule has 0 bridgehead atoms. The summed E-state index contributed by atoms with van der Waals surface area (Å²) in [6.45, 7) is 1.53. The summed E-state index contributed by atoms with van der Waals surface area (Å²) in [4.78, 5) is 18.6. The zero-order valence-corrected chi connectivity index (χ0v) is 11.4. The molecule has 0 amide bonds. The van der Waals surface area contributed by atoms with Crippen LogP contribution in [-0.4, -0.2) is 29.1 Å². The summed E-state index contributed by atoms with van der Waals surface area (Å²) >= 11 is 0. The number of hydrogen-bond donors (Lipinski definition) is 1. The van der Waals surface area contributed by atoms with Gasteiger partial charge in [-0.25, -0.2) is 0 Å². The van der Waals surface area contributed by atoms with Crippen LogP contribution in [0.5, 0.6) is 0 Å². The summed E-state index contributed by atoms with van der Waals surface area (Å²) in [5, 5.41) is 15.3. The molecule has 1 N–H and O–H groups in total. The maximum Gasteiger partial charge on any atom is 1.00 e. The van der Waals surface area contributed by atoms with Gasteiger partial charge in [-0.2, -0.15) is 0 Å². The van der Waals surface area contributed by atoms with Crippen molar-refractivity contribution in [3.05, 3.63) is 4.91 Å². The van der Waals surface area contributed by atoms with Crippen LogP contribution in [0.1, 0.15) is 15.7 Å². The molecule has 0 aliphatic carbocycles. The summed E-state index contributed by atoms with van der Waals surface area (Å²) in [6.07, 6.45) is 0.118. The Morgan fingerprint density at radius 3 is 1.67 bits per heavy atom. The quantitative estimate of drug-likeness (QED) is 0.308. The van der Waals surface area contributed by atoms with Gasteiger partial charge in [-0.15, -0.1) is 0 Å². The van der Waals surface area contributed by atoms with Gasteiger partial charge in [0.25, 0.3) is 0 Å². The second-order valence-electron chi connectivity index (χ2n) is 1.90. The molecule has 1 fully saturated rings. The molecule has 7 heteroatoms. The molecular formula is C5H11NNa2O4. The second kappa shape index (κ2) is 11.9. The van der Waals surface area contributed by atoms with Gasteiger partial charge in [0.05, 0.1) is 0 Å². The molecule has 0 unspecified atom stereocenters. The zero-order chi connectivity index (χ0) is 7.98. The van der Waals surface area contributed by atoms with Crippen molar-refractivity contribution in [2.75, 3.05) is 13.1 Å². The number of carboxylic acid groups (broad SMARTS) is 2. The minimum Gasteiger partial charge on any atom is -1.00 e. The van der Waals surface area contributed by atoms with Crippen molar-refractivity contribution in [1.82, 2.24) is 0 Å². The van der Waals surface area contributed by atoms with Crippen molar-refractivity contribution >= 4 is 6.16 Å². The molecular weight excluding hydrogens is 184 g/mol. The smallest absolute Gasteiger partial charge is 1.00 e. The summed E-state index contributed by atoms with van der Waals surface area (Å²) < 4.78 is 1.11. The molecule has 12 heavy (non-hydrogen) atoms. The van der Waals surface area contributed by atoms with E-state index in [0.717, 1.165) is 30.7 Å². The SMILES string of the molecule is O=C([O-])O.O=[N+]1CCCC1.[H-].[H-].[Na+].[Na+]. The van der Waals surface area contributed by atoms with Crippen molar-refractivity contribution < 1.29 is 81.7 Å². The Morgan fingerprint density at radius 1 is 1.33 bits per heavy atom. The van der Waals surface area contributed by atoms with Crippen LogP contribution in [0.15, 0.2) is 0 Å². The van der Waals surface area contributed by atoms with E-state index in [4.69, 9.17) is 15.0 Å². The van der Waals surface area contributed by atoms with Crippen molar-refractivity contribution in [2.45, 2.75) is 12.8 Å². The third kappa shape index (κ3) is 17.1. The third-order valence-corrected chi connectivity index (χ3v) is 1.07. The molecule has 0 atom stereocenters. The molecule has 1 rings (SSSR count). The Hall–Kier alpha value is 0.870. The fourth-order valence-corrected chi connectivity index (χ4v) is 0.688. The average molecular weight is 195 g/mol. The molecule has 0 aromatic heterocycles. The second-order valence-corrected chi connectivity index (χ2v) is 1.90. The van der Waals surface area contributed by atoms with E-state index in [-0.39, 0.29) is 62.0 Å². The van der Waals surface area contributed by atoms with Gasteiger partial charge >= 0.3 is 59.1 Å². The van der Waals surface area contributed by atoms with Crippen LogP contribution in [0.4, 0.5) is 4.79 Å². The van der Waals surface area contributed by atoms with Gasteiger partial charge in [0, 0.05) is 17.7 Å². The predicted octanol–water partition coefficient (Wildman–Crippen LogP) is -6.32. The number of nitroso groups, excluding NO2 is 1. The Kier molecular flexibility index (Phi) is 18.4. The van der Waals surface area contributed by atoms with E-state index in [9.17, 15) is 4.91 Å². The molecule has 1 aliphatic heterocycles. The molecule has 62 valence electrons. The number of carbonyl (C=O) groups is 1. The largest absolute Gasteiger partial charge is 1.00 e. The van der Waals surface area contributed by atoms with E-state index >= 15 is 0 Å². The number of nitrogens with zero attached hydrogens (tertiary/aromatic N) is 1. The summed E-state index contributed by atoms with van der Waals surface area (Å²) in [5.74, 6) is 0. The third-order valence-electron chi connectivity index (χ3n) is 1.07. The Morgan fingerprint density at radius 2 is 1.58 bits per heavy atom. The minimum absolute atomic E-state index is 0. The molecule has 1 saturated heterocycles. The molecule has 0 aromatic rings. The van der Waals surface area contributed by atoms with Crippen LogP contribution in [-0.2, 0) is 0 Å². The average Bonchev–Trinajstić information content (AvgIpc) is 2.15. The summed E-state index contributed by atoms with van der Waals surface area (Å²) in [7, 11) is 0. The van der Waals surface area contributed by atoms with E-state index in [1.54, 1.807) is 0 Å². The maximum absolute atomic E-state index is 10.2. The molecule has 0 spiro atoms. The van der Waals surface area contributed by atoms with Crippen molar-refractivity contribution in [1.29, 1.82) is 0 Å². The molecule has 1 heterocycles. The first kappa shape index (κ1) is 18.6. The number of rotatable bonds is 0. The molecule has 1 aliphatic rings. The van der Waals surface area contributed by atoms with Gasteiger partial charge in [-0.05, 0) is 4.76 Å². The first-order chi connectivity index (χ1) is 4.63. The van der Waals surface area contributed by atoms with E-state index in [0.29, 0.717) is 0 Å². The summed E-state index contributed by atoms with van der Waals surface area (Å²) in [6, 6.07) is 0. The minimum atomic E-state index is -2.08. The zero-order valence-electron chi connectivity index (χ0n) is 9.45. The van der Waals surface area contributed by atoms with Crippen LogP contribution in [0.25, 0.3) is 0 Å². The molecule has 0 saturated carbocycles. The fraction of sp³-hybridized carbons (Fsp3) is 0.800. The van der Waals surface area contributed by atoms with Gasteiger partial charge in [-0.3, -0.25) is 0 Å². The Bertz CT molecular complexity index is 138. The summed E-state index contributed by atoms with van der Waals surface area (Å²) in [5.41, 5.74) is 0. The van der Waals surface area contributed by atoms with Crippen molar-refractivity contribution in [3.63, 3.8) is 0 Å². The standard InChI is InChI=1S/C4H8NO.CH2O3.2Na.2H/c6-5-3-1-2-4-5;2-1(3)4;;;;/h1-4H2;(H2,2,3,4);;;;/q+1;;2*+1;2*-1/p-1. The van der Waals surface area contributed by atoms with Gasteiger partial charge < -0.3 is 17.9 Å². The van der Waals surface area contributed by atoms with Gasteiger partial charge in [0.2, 0.25) is 6.16 Å². The van der Waals surface area contributed by atoms with E-state index in [1.807, 2.05) is 0 Å². The normalized spacial score (nSPS) is 13.2. The van der Waals surface area contributed by atoms with Gasteiger partial charge in [-0.1, -0.05) is 0 Å². The van der Waals surface area contributed by atoms with Gasteiger partial charge in [0.1, 0.15) is 0 Å². The van der Waals surface area contributed by atoms with Crippen LogP contribution in [0.2, 0.25) is 0 Å². The molecule has 0 aromatic carbocycles. The maximum atomic E-state index is 10.2. The van der Waals surface area contributed by atoms with E-state index in [1.165, 1.54) is 0 Å². The van der Waals surface area contributed by atoms with Gasteiger partial charge in [0.15, 0.2) is 13.1 Å². The van der Waals surface area contributed by atoms with Crippen LogP contribution in [0.3, 0.4) is 0 Å². The Labute approximate surface area is 118 Å². The monoisotopic (exact) mass is 195 g/mol. The molecule has 5 nitrogen and oxygen atoms in total.